The Morgan fingerprint density at radius 2 is 2.04 bits per heavy atom. The van der Waals surface area contributed by atoms with E-state index in [1.165, 1.54) is 29.5 Å². The first-order valence-corrected chi connectivity index (χ1v) is 7.80. The molecule has 134 valence electrons. The fraction of sp³-hybridized carbons (Fsp3) is 0.267. The zero-order valence-electron chi connectivity index (χ0n) is 12.6. The number of hydrogen-bond donors (Lipinski definition) is 1. The second kappa shape index (κ2) is 8.06. The number of carbonyl (C=O) groups excluding carboxylic acids is 2. The van der Waals surface area contributed by atoms with Crippen molar-refractivity contribution in [3.8, 4) is 10.6 Å². The summed E-state index contributed by atoms with van der Waals surface area (Å²) in [4.78, 5) is 26.9. The molecule has 0 aliphatic rings. The van der Waals surface area contributed by atoms with Gasteiger partial charge in [-0.05, 0) is 12.1 Å². The van der Waals surface area contributed by atoms with Gasteiger partial charge in [-0.25, -0.2) is 9.37 Å². The number of benzene rings is 1. The van der Waals surface area contributed by atoms with E-state index in [0.29, 0.717) is 16.3 Å². The van der Waals surface area contributed by atoms with E-state index in [1.54, 1.807) is 16.8 Å². The van der Waals surface area contributed by atoms with Crippen molar-refractivity contribution in [1.82, 2.24) is 10.3 Å². The molecule has 0 bridgehead atoms. The zero-order valence-corrected chi connectivity index (χ0v) is 13.4. The van der Waals surface area contributed by atoms with Gasteiger partial charge in [-0.2, -0.15) is 13.2 Å². The molecule has 1 aromatic heterocycles. The first kappa shape index (κ1) is 18.8. The number of thiazole rings is 1. The fourth-order valence-electron chi connectivity index (χ4n) is 1.74. The minimum Gasteiger partial charge on any atom is -0.455 e. The number of ether oxygens (including phenoxy) is 1. The first-order valence-electron chi connectivity index (χ1n) is 6.92. The number of hydrogen-bond acceptors (Lipinski definition) is 5. The van der Waals surface area contributed by atoms with Crippen LogP contribution < -0.4 is 5.32 Å². The van der Waals surface area contributed by atoms with Crippen molar-refractivity contribution in [3.63, 3.8) is 0 Å². The first-order chi connectivity index (χ1) is 11.7. The minimum absolute atomic E-state index is 0.252. The van der Waals surface area contributed by atoms with Crippen molar-refractivity contribution in [1.29, 1.82) is 0 Å². The van der Waals surface area contributed by atoms with Crippen molar-refractivity contribution in [2.24, 2.45) is 0 Å². The monoisotopic (exact) mass is 376 g/mol. The summed E-state index contributed by atoms with van der Waals surface area (Å²) in [5.74, 6) is -2.28. The van der Waals surface area contributed by atoms with E-state index in [1.807, 2.05) is 0 Å². The number of nitrogens with zero attached hydrogens (tertiary/aromatic N) is 1. The Morgan fingerprint density at radius 3 is 2.72 bits per heavy atom. The second-order valence-electron chi connectivity index (χ2n) is 4.88. The molecule has 2 rings (SSSR count). The fourth-order valence-corrected chi connectivity index (χ4v) is 2.55. The Bertz CT molecular complexity index is 761. The summed E-state index contributed by atoms with van der Waals surface area (Å²) in [5.41, 5.74) is 0.904. The number of carbonyl (C=O) groups is 2. The maximum Gasteiger partial charge on any atom is 0.405 e. The van der Waals surface area contributed by atoms with Gasteiger partial charge in [0.25, 0.3) is 5.91 Å². The molecule has 1 heterocycles. The lowest BCUT2D eigenvalue weighted by molar-refractivity contribution is -0.150. The molecule has 0 radical (unpaired) electrons. The predicted octanol–water partition coefficient (Wildman–Crippen LogP) is 2.71. The summed E-state index contributed by atoms with van der Waals surface area (Å²) >= 11 is 1.20. The second-order valence-corrected chi connectivity index (χ2v) is 5.74. The molecule has 0 fully saturated rings. The predicted molar refractivity (Wildman–Crippen MR) is 81.2 cm³/mol. The molecule has 2 aromatic rings. The molecule has 0 saturated carbocycles. The summed E-state index contributed by atoms with van der Waals surface area (Å²) in [6.45, 7) is -2.30. The van der Waals surface area contributed by atoms with E-state index < -0.39 is 37.0 Å². The molecular formula is C15H12F4N2O3S. The molecular weight excluding hydrogens is 364 g/mol. The number of amides is 1. The summed E-state index contributed by atoms with van der Waals surface area (Å²) in [5, 5.41) is 3.66. The van der Waals surface area contributed by atoms with Crippen molar-refractivity contribution >= 4 is 23.2 Å². The molecule has 0 unspecified atom stereocenters. The largest absolute Gasteiger partial charge is 0.455 e. The molecule has 0 atom stereocenters. The van der Waals surface area contributed by atoms with Gasteiger partial charge in [-0.3, -0.25) is 9.59 Å². The molecule has 5 nitrogen and oxygen atoms in total. The van der Waals surface area contributed by atoms with E-state index in [2.05, 4.69) is 9.72 Å². The number of halogens is 4. The Hall–Kier alpha value is -2.49. The highest BCUT2D eigenvalue weighted by Crippen LogP contribution is 2.24. The molecule has 0 aliphatic carbocycles. The van der Waals surface area contributed by atoms with Gasteiger partial charge in [0.1, 0.15) is 17.4 Å². The highest BCUT2D eigenvalue weighted by atomic mass is 32.1. The third-order valence-electron chi connectivity index (χ3n) is 2.80. The van der Waals surface area contributed by atoms with Crippen LogP contribution >= 0.6 is 11.3 Å². The lowest BCUT2D eigenvalue weighted by atomic mass is 10.2. The molecule has 0 saturated heterocycles. The Balaban J connectivity index is 1.82. The van der Waals surface area contributed by atoms with Gasteiger partial charge < -0.3 is 10.1 Å². The molecule has 1 aromatic carbocycles. The lowest BCUT2D eigenvalue weighted by Crippen LogP contribution is -2.36. The van der Waals surface area contributed by atoms with Gasteiger partial charge in [-0.15, -0.1) is 11.3 Å². The highest BCUT2D eigenvalue weighted by Gasteiger charge is 2.27. The Morgan fingerprint density at radius 1 is 1.28 bits per heavy atom. The van der Waals surface area contributed by atoms with Crippen molar-refractivity contribution < 1.29 is 31.9 Å². The van der Waals surface area contributed by atoms with Crippen LogP contribution in [0.3, 0.4) is 0 Å². The van der Waals surface area contributed by atoms with Crippen LogP contribution in [0.2, 0.25) is 0 Å². The average Bonchev–Trinajstić information content (AvgIpc) is 2.99. The third kappa shape index (κ3) is 6.49. The zero-order chi connectivity index (χ0) is 18.4. The number of rotatable bonds is 6. The van der Waals surface area contributed by atoms with Crippen LogP contribution in [0, 0.1) is 5.82 Å². The minimum atomic E-state index is -4.53. The van der Waals surface area contributed by atoms with Crippen molar-refractivity contribution in [2.45, 2.75) is 12.6 Å². The van der Waals surface area contributed by atoms with Crippen LogP contribution in [0.5, 0.6) is 0 Å². The highest BCUT2D eigenvalue weighted by molar-refractivity contribution is 7.13. The SMILES string of the molecule is O=C(COC(=O)Cc1csc(-c2cccc(F)c2)n1)NCC(F)(F)F. The van der Waals surface area contributed by atoms with Crippen LogP contribution in [-0.4, -0.2) is 36.2 Å². The number of nitrogens with one attached hydrogen (secondary N) is 1. The Labute approximate surface area is 143 Å². The molecule has 0 spiro atoms. The van der Waals surface area contributed by atoms with Gasteiger partial charge in [0, 0.05) is 10.9 Å². The summed E-state index contributed by atoms with van der Waals surface area (Å²) in [6, 6.07) is 5.78. The Kier molecular flexibility index (Phi) is 6.07. The number of aromatic nitrogens is 1. The molecule has 0 aliphatic heterocycles. The molecule has 25 heavy (non-hydrogen) atoms. The van der Waals surface area contributed by atoms with E-state index in [0.717, 1.165) is 0 Å². The van der Waals surface area contributed by atoms with E-state index in [-0.39, 0.29) is 6.42 Å². The van der Waals surface area contributed by atoms with Crippen LogP contribution in [0.4, 0.5) is 17.6 Å². The smallest absolute Gasteiger partial charge is 0.405 e. The number of esters is 1. The summed E-state index contributed by atoms with van der Waals surface area (Å²) in [6.07, 6.45) is -4.79. The lowest BCUT2D eigenvalue weighted by Gasteiger charge is -2.08. The van der Waals surface area contributed by atoms with Crippen LogP contribution in [0.1, 0.15) is 5.69 Å². The molecule has 1 N–H and O–H groups in total. The van der Waals surface area contributed by atoms with Gasteiger partial charge >= 0.3 is 12.1 Å². The normalized spacial score (nSPS) is 11.2. The number of alkyl halides is 3. The van der Waals surface area contributed by atoms with Crippen molar-refractivity contribution in [2.75, 3.05) is 13.2 Å². The topological polar surface area (TPSA) is 68.3 Å². The standard InChI is InChI=1S/C15H12F4N2O3S/c16-10-3-1-2-9(4-10)14-21-11(7-25-14)5-13(23)24-6-12(22)20-8-15(17,18)19/h1-4,7H,5-6,8H2,(H,20,22). The van der Waals surface area contributed by atoms with Gasteiger partial charge in [0.05, 0.1) is 12.1 Å². The van der Waals surface area contributed by atoms with Crippen LogP contribution in [0.25, 0.3) is 10.6 Å². The maximum absolute atomic E-state index is 13.2. The van der Waals surface area contributed by atoms with Gasteiger partial charge in [0.2, 0.25) is 0 Å². The quantitative estimate of drug-likeness (QED) is 0.622. The molecule has 10 heteroatoms. The van der Waals surface area contributed by atoms with E-state index in [9.17, 15) is 27.2 Å². The average molecular weight is 376 g/mol. The van der Waals surface area contributed by atoms with Gasteiger partial charge in [-0.1, -0.05) is 12.1 Å². The maximum atomic E-state index is 13.2. The van der Waals surface area contributed by atoms with E-state index in [4.69, 9.17) is 0 Å². The third-order valence-corrected chi connectivity index (χ3v) is 3.74. The van der Waals surface area contributed by atoms with E-state index >= 15 is 0 Å². The molecule has 1 amide bonds. The van der Waals surface area contributed by atoms with Gasteiger partial charge in [0.15, 0.2) is 6.61 Å². The summed E-state index contributed by atoms with van der Waals surface area (Å²) < 4.78 is 53.5. The van der Waals surface area contributed by atoms with Crippen LogP contribution in [-0.2, 0) is 20.7 Å². The summed E-state index contributed by atoms with van der Waals surface area (Å²) in [7, 11) is 0. The van der Waals surface area contributed by atoms with Crippen LogP contribution in [0.15, 0.2) is 29.6 Å². The van der Waals surface area contributed by atoms with Crippen molar-refractivity contribution in [3.05, 3.63) is 41.2 Å².